The van der Waals surface area contributed by atoms with Crippen LogP contribution < -0.4 is 0 Å². The molecule has 0 aromatic carbocycles. The molecule has 0 heterocycles. The maximum Gasteiger partial charge on any atom is 0.328 e. The summed E-state index contributed by atoms with van der Waals surface area (Å²) in [4.78, 5) is 0. The van der Waals surface area contributed by atoms with Crippen molar-refractivity contribution in [1.29, 1.82) is 0 Å². The van der Waals surface area contributed by atoms with Gasteiger partial charge in [-0.15, -0.1) is 0 Å². The minimum absolute atomic E-state index is 1.18. The van der Waals surface area contributed by atoms with Crippen molar-refractivity contribution in [2.45, 2.75) is 32.0 Å². The number of rotatable bonds is 4. The summed E-state index contributed by atoms with van der Waals surface area (Å²) in [6.45, 7) is 3.80. The highest BCUT2D eigenvalue weighted by Gasteiger charge is 2.41. The lowest BCUT2D eigenvalue weighted by molar-refractivity contribution is -0.149. The van der Waals surface area contributed by atoms with Crippen molar-refractivity contribution in [2.24, 2.45) is 0 Å². The average molecular weight is 204 g/mol. The van der Waals surface area contributed by atoms with Gasteiger partial charge in [0.15, 0.2) is 8.32 Å². The fraction of sp³-hybridized carbons (Fsp3) is 1.00. The molecule has 0 saturated carbocycles. The third-order valence-corrected chi connectivity index (χ3v) is 2.03. The van der Waals surface area contributed by atoms with E-state index < -0.39 is 27.3 Å². The van der Waals surface area contributed by atoms with E-state index >= 15 is 0 Å². The summed E-state index contributed by atoms with van der Waals surface area (Å²) >= 11 is 0. The van der Waals surface area contributed by atoms with Crippen LogP contribution in [0.4, 0.5) is 17.6 Å². The summed E-state index contributed by atoms with van der Waals surface area (Å²) < 4.78 is 52.3. The number of alkyl halides is 4. The second kappa shape index (κ2) is 3.74. The number of halogens is 4. The smallest absolute Gasteiger partial charge is 0.328 e. The van der Waals surface area contributed by atoms with E-state index in [9.17, 15) is 17.6 Å². The minimum atomic E-state index is -4.01. The van der Waals surface area contributed by atoms with Gasteiger partial charge in [0.05, 0.1) is 0 Å². The van der Waals surface area contributed by atoms with Crippen LogP contribution >= 0.6 is 0 Å². The first-order valence-corrected chi connectivity index (χ1v) is 6.86. The lowest BCUT2D eigenvalue weighted by Gasteiger charge is -2.22. The van der Waals surface area contributed by atoms with Gasteiger partial charge in [0.2, 0.25) is 0 Å². The molecule has 0 saturated heterocycles. The molecule has 0 bridgehead atoms. The molecule has 0 aromatic heterocycles. The van der Waals surface area contributed by atoms with Crippen LogP contribution in [0.15, 0.2) is 0 Å². The lowest BCUT2D eigenvalue weighted by Crippen LogP contribution is -2.38. The molecule has 0 N–H and O–H groups in total. The lowest BCUT2D eigenvalue weighted by atomic mass is 10.4. The summed E-state index contributed by atoms with van der Waals surface area (Å²) in [5.41, 5.74) is 0. The normalized spacial score (nSPS) is 14.0. The molecule has 0 aromatic rings. The van der Waals surface area contributed by atoms with Crippen molar-refractivity contribution < 1.29 is 22.0 Å². The van der Waals surface area contributed by atoms with Crippen LogP contribution in [0.1, 0.15) is 0 Å². The Bertz CT molecular complexity index is 143. The number of hydrogen-bond acceptors (Lipinski definition) is 1. The summed E-state index contributed by atoms with van der Waals surface area (Å²) in [5, 5.41) is 0. The molecule has 0 aliphatic carbocycles. The van der Waals surface area contributed by atoms with E-state index in [4.69, 9.17) is 0 Å². The van der Waals surface area contributed by atoms with Gasteiger partial charge in [0.25, 0.3) is 0 Å². The van der Waals surface area contributed by atoms with Gasteiger partial charge in [-0.3, -0.25) is 0 Å². The van der Waals surface area contributed by atoms with Gasteiger partial charge in [-0.1, -0.05) is 0 Å². The fourth-order valence-corrected chi connectivity index (χ4v) is 1.00. The maximum atomic E-state index is 12.2. The quantitative estimate of drug-likeness (QED) is 0.505. The largest absolute Gasteiger partial charge is 0.411 e. The first kappa shape index (κ1) is 11.9. The highest BCUT2D eigenvalue weighted by molar-refractivity contribution is 6.69. The Hall–Kier alpha value is -0.103. The molecule has 74 valence electrons. The van der Waals surface area contributed by atoms with E-state index in [1.807, 2.05) is 0 Å². The van der Waals surface area contributed by atoms with Gasteiger partial charge >= 0.3 is 12.3 Å². The van der Waals surface area contributed by atoms with Crippen LogP contribution in [-0.2, 0) is 4.43 Å². The topological polar surface area (TPSA) is 9.23 Å². The van der Waals surface area contributed by atoms with Gasteiger partial charge in [-0.2, -0.15) is 8.78 Å². The molecular formula is C6H12F4OSi. The second-order valence-electron chi connectivity index (χ2n) is 3.46. The van der Waals surface area contributed by atoms with E-state index in [0.29, 0.717) is 0 Å². The fourth-order valence-electron chi connectivity index (χ4n) is 0.376. The predicted molar refractivity (Wildman–Crippen MR) is 40.2 cm³/mol. The zero-order valence-corrected chi connectivity index (χ0v) is 8.20. The molecule has 6 heteroatoms. The molecule has 12 heavy (non-hydrogen) atoms. The Morgan fingerprint density at radius 1 is 1.25 bits per heavy atom. The predicted octanol–water partition coefficient (Wildman–Crippen LogP) is 2.74. The Morgan fingerprint density at radius 2 is 1.67 bits per heavy atom. The van der Waals surface area contributed by atoms with Crippen molar-refractivity contribution >= 4 is 8.32 Å². The van der Waals surface area contributed by atoms with Crippen LogP contribution in [0, 0.1) is 0 Å². The third kappa shape index (κ3) is 4.71. The maximum absolute atomic E-state index is 12.2. The van der Waals surface area contributed by atoms with Crippen molar-refractivity contribution in [2.75, 3.05) is 6.61 Å². The van der Waals surface area contributed by atoms with Crippen molar-refractivity contribution in [3.8, 4) is 0 Å². The van der Waals surface area contributed by atoms with Gasteiger partial charge in [0, 0.05) is 0 Å². The molecule has 0 aliphatic rings. The first-order chi connectivity index (χ1) is 5.15. The Morgan fingerprint density at radius 3 is 1.92 bits per heavy atom. The third-order valence-electron chi connectivity index (χ3n) is 1.02. The van der Waals surface area contributed by atoms with E-state index in [1.165, 1.54) is 0 Å². The Kier molecular flexibility index (Phi) is 3.71. The van der Waals surface area contributed by atoms with Crippen LogP contribution in [0.5, 0.6) is 0 Å². The summed E-state index contributed by atoms with van der Waals surface area (Å²) in [5.74, 6) is -4.01. The summed E-state index contributed by atoms with van der Waals surface area (Å²) in [6, 6.07) is 0. The Labute approximate surface area is 69.8 Å². The van der Waals surface area contributed by atoms with Crippen molar-refractivity contribution in [1.82, 2.24) is 0 Å². The highest BCUT2D eigenvalue weighted by atomic mass is 28.4. The van der Waals surface area contributed by atoms with Gasteiger partial charge in [0.1, 0.15) is 6.61 Å². The van der Waals surface area contributed by atoms with Gasteiger partial charge in [-0.05, 0) is 19.6 Å². The van der Waals surface area contributed by atoms with Gasteiger partial charge < -0.3 is 4.43 Å². The monoisotopic (exact) mass is 204 g/mol. The molecular weight excluding hydrogens is 192 g/mol. The van der Waals surface area contributed by atoms with Crippen molar-refractivity contribution in [3.05, 3.63) is 0 Å². The van der Waals surface area contributed by atoms with E-state index in [2.05, 4.69) is 4.43 Å². The van der Waals surface area contributed by atoms with Crippen molar-refractivity contribution in [3.63, 3.8) is 0 Å². The zero-order valence-electron chi connectivity index (χ0n) is 7.20. The van der Waals surface area contributed by atoms with E-state index in [0.717, 1.165) is 0 Å². The van der Waals surface area contributed by atoms with E-state index in [-0.39, 0.29) is 0 Å². The molecule has 0 atom stereocenters. The molecule has 0 rings (SSSR count). The van der Waals surface area contributed by atoms with Crippen LogP contribution in [0.2, 0.25) is 19.6 Å². The zero-order chi connectivity index (χ0) is 9.99. The first-order valence-electron chi connectivity index (χ1n) is 3.45. The van der Waals surface area contributed by atoms with Crippen LogP contribution in [-0.4, -0.2) is 27.3 Å². The van der Waals surface area contributed by atoms with Crippen LogP contribution in [0.3, 0.4) is 0 Å². The molecule has 0 aliphatic heterocycles. The SMILES string of the molecule is C[Si](C)(C)OCC(F)(F)C(F)F. The Balaban J connectivity index is 3.93. The molecule has 0 amide bonds. The van der Waals surface area contributed by atoms with E-state index in [1.54, 1.807) is 19.6 Å². The summed E-state index contributed by atoms with van der Waals surface area (Å²) in [6.07, 6.45) is -3.64. The molecule has 0 unspecified atom stereocenters. The standard InChI is InChI=1S/C6H12F4OSi/c1-12(2,3)11-4-6(9,10)5(7)8/h5H,4H2,1-3H3. The van der Waals surface area contributed by atoms with Crippen LogP contribution in [0.25, 0.3) is 0 Å². The average Bonchev–Trinajstić information content (AvgIpc) is 1.82. The minimum Gasteiger partial charge on any atom is -0.411 e. The number of hydrogen-bond donors (Lipinski definition) is 0. The second-order valence-corrected chi connectivity index (χ2v) is 7.98. The molecule has 1 nitrogen and oxygen atoms in total. The highest BCUT2D eigenvalue weighted by Crippen LogP contribution is 2.24. The molecule has 0 radical (unpaired) electrons. The van der Waals surface area contributed by atoms with Gasteiger partial charge in [-0.25, -0.2) is 8.78 Å². The molecule has 0 fully saturated rings. The summed E-state index contributed by atoms with van der Waals surface area (Å²) in [7, 11) is -2.13. The molecule has 0 spiro atoms.